The van der Waals surface area contributed by atoms with Crippen molar-refractivity contribution in [1.29, 1.82) is 5.26 Å². The first-order chi connectivity index (χ1) is 13.1. The second-order valence-corrected chi connectivity index (χ2v) is 7.30. The molecular weight excluding hydrogens is 382 g/mol. The monoisotopic (exact) mass is 399 g/mol. The number of hydrogen-bond acceptors (Lipinski definition) is 5. The van der Waals surface area contributed by atoms with Gasteiger partial charge in [0.2, 0.25) is 0 Å². The summed E-state index contributed by atoms with van der Waals surface area (Å²) < 4.78 is 6.79. The van der Waals surface area contributed by atoms with E-state index in [-0.39, 0.29) is 5.56 Å². The number of methoxy groups -OCH3 is 1. The van der Waals surface area contributed by atoms with Crippen molar-refractivity contribution >= 4 is 34.3 Å². The van der Waals surface area contributed by atoms with Gasteiger partial charge in [-0.2, -0.15) is 5.26 Å². The molecule has 0 aliphatic rings. The van der Waals surface area contributed by atoms with Gasteiger partial charge in [0.1, 0.15) is 0 Å². The first-order valence-corrected chi connectivity index (χ1v) is 9.80. The van der Waals surface area contributed by atoms with Crippen LogP contribution in [-0.2, 0) is 17.0 Å². The lowest BCUT2D eigenvalue weighted by Crippen LogP contribution is -2.24. The van der Waals surface area contributed by atoms with Crippen molar-refractivity contribution in [2.45, 2.75) is 23.9 Å². The van der Waals surface area contributed by atoms with Gasteiger partial charge in [-0.3, -0.25) is 9.36 Å². The van der Waals surface area contributed by atoms with Crippen molar-refractivity contribution in [2.75, 3.05) is 13.7 Å². The van der Waals surface area contributed by atoms with Crippen molar-refractivity contribution in [1.82, 2.24) is 9.55 Å². The van der Waals surface area contributed by atoms with Crippen LogP contribution in [-0.4, -0.2) is 23.3 Å². The minimum Gasteiger partial charge on any atom is -0.385 e. The van der Waals surface area contributed by atoms with Crippen molar-refractivity contribution in [3.05, 3.63) is 69.0 Å². The number of rotatable bonds is 7. The number of aromatic nitrogens is 2. The van der Waals surface area contributed by atoms with Gasteiger partial charge < -0.3 is 4.74 Å². The Morgan fingerprint density at radius 2 is 2.11 bits per heavy atom. The first kappa shape index (κ1) is 19.4. The van der Waals surface area contributed by atoms with Crippen LogP contribution in [0.3, 0.4) is 0 Å². The molecule has 0 aliphatic heterocycles. The van der Waals surface area contributed by atoms with Gasteiger partial charge in [-0.1, -0.05) is 41.6 Å². The minimum absolute atomic E-state index is 0.0937. The molecule has 138 valence electrons. The zero-order chi connectivity index (χ0) is 19.2. The summed E-state index contributed by atoms with van der Waals surface area (Å²) in [4.78, 5) is 17.6. The number of hydrogen-bond donors (Lipinski definition) is 0. The van der Waals surface area contributed by atoms with Crippen molar-refractivity contribution in [3.8, 4) is 6.07 Å². The molecule has 3 rings (SSSR count). The molecule has 1 heterocycles. The Hall–Kier alpha value is -2.33. The maximum Gasteiger partial charge on any atom is 0.262 e. The molecule has 0 unspecified atom stereocenters. The highest BCUT2D eigenvalue weighted by atomic mass is 35.5. The van der Waals surface area contributed by atoms with Crippen LogP contribution < -0.4 is 5.56 Å². The Morgan fingerprint density at radius 1 is 1.30 bits per heavy atom. The van der Waals surface area contributed by atoms with Crippen LogP contribution in [0.2, 0.25) is 5.02 Å². The normalized spacial score (nSPS) is 10.9. The lowest BCUT2D eigenvalue weighted by atomic mass is 10.1. The zero-order valence-corrected chi connectivity index (χ0v) is 16.4. The van der Waals surface area contributed by atoms with E-state index >= 15 is 0 Å². The summed E-state index contributed by atoms with van der Waals surface area (Å²) >= 11 is 7.51. The fourth-order valence-corrected chi connectivity index (χ4v) is 3.94. The molecule has 1 aromatic heterocycles. The van der Waals surface area contributed by atoms with E-state index in [0.29, 0.717) is 52.0 Å². The average Bonchev–Trinajstić information content (AvgIpc) is 2.68. The average molecular weight is 400 g/mol. The molecular formula is C20H18ClN3O2S. The summed E-state index contributed by atoms with van der Waals surface area (Å²) in [6.07, 6.45) is 0.708. The molecule has 5 nitrogen and oxygen atoms in total. The third-order valence-electron chi connectivity index (χ3n) is 4.11. The van der Waals surface area contributed by atoms with E-state index in [0.717, 1.165) is 5.56 Å². The summed E-state index contributed by atoms with van der Waals surface area (Å²) in [6.45, 7) is 1.08. The summed E-state index contributed by atoms with van der Waals surface area (Å²) in [5, 5.41) is 11.0. The van der Waals surface area contributed by atoms with Gasteiger partial charge in [0.05, 0.1) is 22.5 Å². The molecule has 0 saturated carbocycles. The Bertz CT molecular complexity index is 1060. The van der Waals surface area contributed by atoms with Crippen LogP contribution in [0.5, 0.6) is 0 Å². The molecule has 0 bridgehead atoms. The predicted molar refractivity (Wildman–Crippen MR) is 108 cm³/mol. The molecule has 2 aromatic carbocycles. The molecule has 0 spiro atoms. The van der Waals surface area contributed by atoms with E-state index in [1.807, 2.05) is 18.2 Å². The van der Waals surface area contributed by atoms with Gasteiger partial charge in [-0.25, -0.2) is 4.98 Å². The third kappa shape index (κ3) is 4.51. The number of thioether (sulfide) groups is 1. The van der Waals surface area contributed by atoms with Crippen LogP contribution in [0, 0.1) is 11.3 Å². The summed E-state index contributed by atoms with van der Waals surface area (Å²) in [7, 11) is 1.64. The molecule has 3 aromatic rings. The molecule has 27 heavy (non-hydrogen) atoms. The number of ether oxygens (including phenoxy) is 1. The van der Waals surface area contributed by atoms with Crippen molar-refractivity contribution < 1.29 is 4.74 Å². The van der Waals surface area contributed by atoms with Gasteiger partial charge in [-0.15, -0.1) is 0 Å². The fourth-order valence-electron chi connectivity index (χ4n) is 2.75. The Labute approximate surface area is 166 Å². The summed E-state index contributed by atoms with van der Waals surface area (Å²) in [5.74, 6) is 0.548. The highest BCUT2D eigenvalue weighted by molar-refractivity contribution is 7.98. The Morgan fingerprint density at radius 3 is 2.89 bits per heavy atom. The van der Waals surface area contributed by atoms with E-state index in [1.54, 1.807) is 35.9 Å². The number of halogens is 1. The molecule has 0 fully saturated rings. The molecule has 0 atom stereocenters. The Balaban J connectivity index is 1.99. The topological polar surface area (TPSA) is 67.9 Å². The highest BCUT2D eigenvalue weighted by Crippen LogP contribution is 2.25. The van der Waals surface area contributed by atoms with Gasteiger partial charge >= 0.3 is 0 Å². The molecule has 0 amide bonds. The van der Waals surface area contributed by atoms with Crippen molar-refractivity contribution in [2.24, 2.45) is 0 Å². The van der Waals surface area contributed by atoms with E-state index in [9.17, 15) is 10.1 Å². The third-order valence-corrected chi connectivity index (χ3v) is 5.37. The molecule has 7 heteroatoms. The second-order valence-electron chi connectivity index (χ2n) is 5.92. The highest BCUT2D eigenvalue weighted by Gasteiger charge is 2.13. The molecule has 0 aliphatic carbocycles. The number of nitrogens with zero attached hydrogens (tertiary/aromatic N) is 3. The van der Waals surface area contributed by atoms with E-state index in [4.69, 9.17) is 16.3 Å². The van der Waals surface area contributed by atoms with E-state index in [2.05, 4.69) is 11.1 Å². The van der Waals surface area contributed by atoms with Gasteiger partial charge in [0.25, 0.3) is 5.56 Å². The minimum atomic E-state index is -0.0937. The van der Waals surface area contributed by atoms with Crippen LogP contribution in [0.25, 0.3) is 10.9 Å². The molecule has 0 saturated heterocycles. The summed E-state index contributed by atoms with van der Waals surface area (Å²) in [5.41, 5.74) is 2.02. The standard InChI is InChI=1S/C20H18ClN3O2S/c1-26-10-4-9-24-19(25)17-8-7-16(21)11-18(17)23-20(24)27-13-15-6-3-2-5-14(15)12-22/h2-3,5-8,11H,4,9-10,13H2,1H3. The van der Waals surface area contributed by atoms with Crippen LogP contribution >= 0.6 is 23.4 Å². The van der Waals surface area contributed by atoms with Crippen LogP contribution in [0.4, 0.5) is 0 Å². The lowest BCUT2D eigenvalue weighted by Gasteiger charge is -2.13. The van der Waals surface area contributed by atoms with Crippen LogP contribution in [0.15, 0.2) is 52.4 Å². The predicted octanol–water partition coefficient (Wildman–Crippen LogP) is 4.25. The van der Waals surface area contributed by atoms with Gasteiger partial charge in [0, 0.05) is 31.0 Å². The van der Waals surface area contributed by atoms with Crippen molar-refractivity contribution in [3.63, 3.8) is 0 Å². The number of nitriles is 1. The van der Waals surface area contributed by atoms with E-state index in [1.165, 1.54) is 11.8 Å². The molecule has 0 radical (unpaired) electrons. The van der Waals surface area contributed by atoms with Gasteiger partial charge in [0.15, 0.2) is 5.16 Å². The summed E-state index contributed by atoms with van der Waals surface area (Å²) in [6, 6.07) is 14.7. The second kappa shape index (κ2) is 9.05. The maximum absolute atomic E-state index is 13.0. The Kier molecular flexibility index (Phi) is 6.51. The number of fused-ring (bicyclic) bond motifs is 1. The number of benzene rings is 2. The smallest absolute Gasteiger partial charge is 0.262 e. The first-order valence-electron chi connectivity index (χ1n) is 8.44. The lowest BCUT2D eigenvalue weighted by molar-refractivity contribution is 0.189. The fraction of sp³-hybridized carbons (Fsp3) is 0.250. The largest absolute Gasteiger partial charge is 0.385 e. The maximum atomic E-state index is 13.0. The quantitative estimate of drug-likeness (QED) is 0.337. The van der Waals surface area contributed by atoms with Gasteiger partial charge in [-0.05, 0) is 36.2 Å². The SMILES string of the molecule is COCCCn1c(SCc2ccccc2C#N)nc2cc(Cl)ccc2c1=O. The zero-order valence-electron chi connectivity index (χ0n) is 14.8. The molecule has 0 N–H and O–H groups in total. The van der Waals surface area contributed by atoms with Crippen LogP contribution in [0.1, 0.15) is 17.5 Å². The van der Waals surface area contributed by atoms with E-state index < -0.39 is 0 Å².